The number of nitrogens with two attached hydrogens (primary N) is 1. The summed E-state index contributed by atoms with van der Waals surface area (Å²) >= 11 is 0. The maximum atomic E-state index is 13.7. The second kappa shape index (κ2) is 11.5. The predicted molar refractivity (Wildman–Crippen MR) is 149 cm³/mol. The van der Waals surface area contributed by atoms with Crippen molar-refractivity contribution < 1.29 is 19.1 Å². The lowest BCUT2D eigenvalue weighted by Gasteiger charge is -2.27. The monoisotopic (exact) mass is 514 g/mol. The van der Waals surface area contributed by atoms with Crippen LogP contribution in [0.25, 0.3) is 11.1 Å². The molecule has 1 atom stereocenters. The van der Waals surface area contributed by atoms with E-state index in [1.165, 1.54) is 7.11 Å². The molecule has 0 fully saturated rings. The average molecular weight is 515 g/mol. The van der Waals surface area contributed by atoms with Crippen LogP contribution in [-0.4, -0.2) is 36.6 Å². The Morgan fingerprint density at radius 2 is 1.71 bits per heavy atom. The maximum Gasteiger partial charge on any atom is 0.411 e. The van der Waals surface area contributed by atoms with Gasteiger partial charge in [-0.05, 0) is 55.5 Å². The van der Waals surface area contributed by atoms with Crippen molar-refractivity contribution in [3.8, 4) is 11.1 Å². The van der Waals surface area contributed by atoms with Crippen molar-refractivity contribution in [2.24, 2.45) is 5.73 Å². The summed E-state index contributed by atoms with van der Waals surface area (Å²) in [4.78, 5) is 39.8. The Labute approximate surface area is 223 Å². The van der Waals surface area contributed by atoms with Gasteiger partial charge in [-0.15, -0.1) is 0 Å². The van der Waals surface area contributed by atoms with E-state index in [-0.39, 0.29) is 18.2 Å². The van der Waals surface area contributed by atoms with Gasteiger partial charge in [0.25, 0.3) is 0 Å². The van der Waals surface area contributed by atoms with Gasteiger partial charge in [-0.25, -0.2) is 4.79 Å². The van der Waals surface area contributed by atoms with Crippen molar-refractivity contribution >= 4 is 29.3 Å². The number of aryl methyl sites for hydroxylation is 1. The van der Waals surface area contributed by atoms with Crippen LogP contribution >= 0.6 is 0 Å². The number of ether oxygens (including phenoxy) is 1. The van der Waals surface area contributed by atoms with Crippen LogP contribution in [0.3, 0.4) is 0 Å². The molecule has 0 saturated heterocycles. The second-order valence-electron chi connectivity index (χ2n) is 10.2. The van der Waals surface area contributed by atoms with Crippen molar-refractivity contribution in [1.82, 2.24) is 5.32 Å². The summed E-state index contributed by atoms with van der Waals surface area (Å²) in [7, 11) is 1.32. The number of hydrogen-bond donors (Lipinski definition) is 3. The van der Waals surface area contributed by atoms with Gasteiger partial charge in [-0.1, -0.05) is 60.7 Å². The summed E-state index contributed by atoms with van der Waals surface area (Å²) in [5, 5.41) is 5.66. The Kier molecular flexibility index (Phi) is 8.12. The molecule has 3 amide bonds. The summed E-state index contributed by atoms with van der Waals surface area (Å²) in [5.74, 6) is -0.375. The molecular formula is C30H34N4O4. The van der Waals surface area contributed by atoms with Crippen LogP contribution in [0.2, 0.25) is 0 Å². The molecule has 3 aromatic carbocycles. The molecule has 0 aliphatic carbocycles. The van der Waals surface area contributed by atoms with Gasteiger partial charge in [-0.2, -0.15) is 0 Å². The molecular weight excluding hydrogens is 480 g/mol. The van der Waals surface area contributed by atoms with Crippen molar-refractivity contribution in [2.75, 3.05) is 17.3 Å². The first-order valence-electron chi connectivity index (χ1n) is 12.7. The zero-order valence-corrected chi connectivity index (χ0v) is 22.0. The van der Waals surface area contributed by atoms with Gasteiger partial charge in [0.05, 0.1) is 19.3 Å². The number of nitrogens with zero attached hydrogens (tertiary/aromatic N) is 1. The van der Waals surface area contributed by atoms with Crippen molar-refractivity contribution in [3.05, 3.63) is 83.9 Å². The number of nitrogens with one attached hydrogen (secondary N) is 2. The molecule has 3 aromatic rings. The number of rotatable bonds is 7. The molecule has 0 bridgehead atoms. The summed E-state index contributed by atoms with van der Waals surface area (Å²) in [6, 6.07) is 22.6. The number of carbonyl (C=O) groups is 3. The topological polar surface area (TPSA) is 114 Å². The van der Waals surface area contributed by atoms with Crippen molar-refractivity contribution in [3.63, 3.8) is 0 Å². The number of amides is 3. The Hall–Kier alpha value is -4.17. The zero-order chi connectivity index (χ0) is 27.3. The Bertz CT molecular complexity index is 1310. The standard InChI is InChI=1S/C30H34N4O4/c1-30(2,31)18-27(35)32-25-17-16-22-8-4-7-11-26(22)34(28(25)36)19-20-12-14-21(15-13-20)23-9-5-6-10-24(23)33-29(37)38-3/h4-15,25H,16-19,31H2,1-3H3,(H,32,35)(H,33,37)/t25-/m1/s1. The van der Waals surface area contributed by atoms with Gasteiger partial charge in [0.1, 0.15) is 6.04 Å². The van der Waals surface area contributed by atoms with E-state index < -0.39 is 17.7 Å². The molecule has 4 N–H and O–H groups in total. The summed E-state index contributed by atoms with van der Waals surface area (Å²) < 4.78 is 4.73. The van der Waals surface area contributed by atoms with Crippen LogP contribution in [0.5, 0.6) is 0 Å². The van der Waals surface area contributed by atoms with E-state index in [2.05, 4.69) is 10.6 Å². The van der Waals surface area contributed by atoms with Crippen LogP contribution in [0.4, 0.5) is 16.2 Å². The molecule has 0 spiro atoms. The number of carbonyl (C=O) groups excluding carboxylic acids is 3. The van der Waals surface area contributed by atoms with Crippen LogP contribution in [0.1, 0.15) is 37.8 Å². The number of anilines is 2. The molecule has 8 heteroatoms. The number of methoxy groups -OCH3 is 1. The van der Waals surface area contributed by atoms with Crippen LogP contribution < -0.4 is 21.3 Å². The number of para-hydroxylation sites is 2. The van der Waals surface area contributed by atoms with Gasteiger partial charge < -0.3 is 20.7 Å². The highest BCUT2D eigenvalue weighted by molar-refractivity contribution is 6.00. The van der Waals surface area contributed by atoms with E-state index in [1.54, 1.807) is 18.7 Å². The molecule has 1 aliphatic heterocycles. The van der Waals surface area contributed by atoms with E-state index in [4.69, 9.17) is 10.5 Å². The quantitative estimate of drug-likeness (QED) is 0.426. The number of benzene rings is 3. The minimum atomic E-state index is -0.659. The highest BCUT2D eigenvalue weighted by Gasteiger charge is 2.32. The van der Waals surface area contributed by atoms with Crippen molar-refractivity contribution in [2.45, 2.75) is 51.2 Å². The van der Waals surface area contributed by atoms with Gasteiger partial charge >= 0.3 is 6.09 Å². The normalized spacial score (nSPS) is 15.3. The highest BCUT2D eigenvalue weighted by Crippen LogP contribution is 2.31. The summed E-state index contributed by atoms with van der Waals surface area (Å²) in [5.41, 5.74) is 10.6. The van der Waals surface area contributed by atoms with Crippen molar-refractivity contribution in [1.29, 1.82) is 0 Å². The molecule has 0 saturated carbocycles. The Balaban J connectivity index is 1.57. The van der Waals surface area contributed by atoms with E-state index in [9.17, 15) is 14.4 Å². The molecule has 1 aliphatic rings. The lowest BCUT2D eigenvalue weighted by atomic mass is 10.0. The molecule has 198 valence electrons. The molecule has 0 radical (unpaired) electrons. The fourth-order valence-electron chi connectivity index (χ4n) is 4.65. The SMILES string of the molecule is COC(=O)Nc1ccccc1-c1ccc(CN2C(=O)[C@H](NC(=O)CC(C)(C)N)CCc3ccccc32)cc1. The smallest absolute Gasteiger partial charge is 0.411 e. The second-order valence-corrected chi connectivity index (χ2v) is 10.2. The van der Waals surface area contributed by atoms with Gasteiger partial charge in [0, 0.05) is 23.2 Å². The number of hydrogen-bond acceptors (Lipinski definition) is 5. The third-order valence-electron chi connectivity index (χ3n) is 6.46. The number of fused-ring (bicyclic) bond motifs is 1. The maximum absolute atomic E-state index is 13.7. The van der Waals surface area contributed by atoms with E-state index in [0.29, 0.717) is 25.1 Å². The third-order valence-corrected chi connectivity index (χ3v) is 6.46. The van der Waals surface area contributed by atoms with Crippen LogP contribution in [0, 0.1) is 0 Å². The average Bonchev–Trinajstić information content (AvgIpc) is 3.01. The first-order chi connectivity index (χ1) is 18.1. The molecule has 0 aromatic heterocycles. The Morgan fingerprint density at radius 1 is 1.03 bits per heavy atom. The summed E-state index contributed by atoms with van der Waals surface area (Å²) in [6.07, 6.45) is 0.797. The largest absolute Gasteiger partial charge is 0.453 e. The van der Waals surface area contributed by atoms with Gasteiger partial charge in [0.2, 0.25) is 11.8 Å². The fourth-order valence-corrected chi connectivity index (χ4v) is 4.65. The van der Waals surface area contributed by atoms with Gasteiger partial charge in [0.15, 0.2) is 0 Å². The van der Waals surface area contributed by atoms with Crippen LogP contribution in [-0.2, 0) is 27.3 Å². The minimum Gasteiger partial charge on any atom is -0.453 e. The third kappa shape index (κ3) is 6.58. The lowest BCUT2D eigenvalue weighted by molar-refractivity contribution is -0.128. The zero-order valence-electron chi connectivity index (χ0n) is 22.0. The van der Waals surface area contributed by atoms with E-state index in [0.717, 1.165) is 27.9 Å². The molecule has 1 heterocycles. The summed E-state index contributed by atoms with van der Waals surface area (Å²) in [6.45, 7) is 3.93. The molecule has 38 heavy (non-hydrogen) atoms. The fraction of sp³-hybridized carbons (Fsp3) is 0.300. The lowest BCUT2D eigenvalue weighted by Crippen LogP contribution is -2.49. The first kappa shape index (κ1) is 26.9. The first-order valence-corrected chi connectivity index (χ1v) is 12.7. The molecule has 4 rings (SSSR count). The predicted octanol–water partition coefficient (Wildman–Crippen LogP) is 4.62. The van der Waals surface area contributed by atoms with Crippen LogP contribution in [0.15, 0.2) is 72.8 Å². The van der Waals surface area contributed by atoms with E-state index >= 15 is 0 Å². The van der Waals surface area contributed by atoms with E-state index in [1.807, 2.05) is 72.8 Å². The van der Waals surface area contributed by atoms with Gasteiger partial charge in [-0.3, -0.25) is 14.9 Å². The molecule has 0 unspecified atom stereocenters. The Morgan fingerprint density at radius 3 is 2.42 bits per heavy atom. The molecule has 8 nitrogen and oxygen atoms in total. The minimum absolute atomic E-state index is 0.136. The highest BCUT2D eigenvalue weighted by atomic mass is 16.5.